The first kappa shape index (κ1) is 16.3. The molecule has 0 aliphatic heterocycles. The third-order valence-corrected chi connectivity index (χ3v) is 4.18. The van der Waals surface area contributed by atoms with Gasteiger partial charge in [-0.2, -0.15) is 13.2 Å². The Labute approximate surface area is 133 Å². The van der Waals surface area contributed by atoms with E-state index >= 15 is 0 Å². The molecule has 0 spiro atoms. The van der Waals surface area contributed by atoms with Gasteiger partial charge in [0, 0.05) is 6.07 Å². The maximum atomic E-state index is 12.5. The van der Waals surface area contributed by atoms with Gasteiger partial charge < -0.3 is 13.4 Å². The molecular weight excluding hydrogens is 353 g/mol. The number of sulfonamides is 1. The van der Waals surface area contributed by atoms with Gasteiger partial charge in [0.25, 0.3) is 10.0 Å². The number of rotatable bonds is 5. The molecule has 0 bridgehead atoms. The average molecular weight is 362 g/mol. The average Bonchev–Trinajstić information content (AvgIpc) is 3.23. The van der Waals surface area contributed by atoms with Crippen molar-refractivity contribution in [3.8, 4) is 11.5 Å². The first-order valence-corrected chi connectivity index (χ1v) is 7.90. The minimum atomic E-state index is -4.70. The van der Waals surface area contributed by atoms with Crippen molar-refractivity contribution in [3.05, 3.63) is 48.1 Å². The zero-order valence-corrected chi connectivity index (χ0v) is 12.5. The molecule has 0 aliphatic rings. The number of hydrogen-bond acceptors (Lipinski definition) is 6. The molecule has 128 valence electrons. The highest BCUT2D eigenvalue weighted by Crippen LogP contribution is 2.33. The highest BCUT2D eigenvalue weighted by molar-refractivity contribution is 7.89. The summed E-state index contributed by atoms with van der Waals surface area (Å²) in [6.45, 7) is -0.104. The van der Waals surface area contributed by atoms with Crippen LogP contribution in [-0.2, 0) is 22.7 Å². The standard InChI is InChI=1S/C13H9F3N2O5S/c14-13(15,16)11-6-9(18-23-11)10-3-4-12(22-10)24(19,20)17-7-8-2-1-5-21-8/h1-6,17H,7H2. The maximum absolute atomic E-state index is 12.5. The summed E-state index contributed by atoms with van der Waals surface area (Å²) in [4.78, 5) is 0. The monoisotopic (exact) mass is 362 g/mol. The van der Waals surface area contributed by atoms with Crippen LogP contribution in [0.15, 0.2) is 55.0 Å². The molecule has 0 unspecified atom stereocenters. The highest BCUT2D eigenvalue weighted by Gasteiger charge is 2.36. The molecule has 11 heteroatoms. The third kappa shape index (κ3) is 3.36. The van der Waals surface area contributed by atoms with Crippen LogP contribution in [-0.4, -0.2) is 13.6 Å². The van der Waals surface area contributed by atoms with E-state index in [1.807, 2.05) is 0 Å². The second-order valence-corrected chi connectivity index (χ2v) is 6.29. The van der Waals surface area contributed by atoms with Crippen LogP contribution >= 0.6 is 0 Å². The zero-order valence-electron chi connectivity index (χ0n) is 11.7. The van der Waals surface area contributed by atoms with Gasteiger partial charge in [-0.3, -0.25) is 0 Å². The quantitative estimate of drug-likeness (QED) is 0.749. The van der Waals surface area contributed by atoms with Crippen molar-refractivity contribution in [1.82, 2.24) is 9.88 Å². The second kappa shape index (κ2) is 5.83. The lowest BCUT2D eigenvalue weighted by atomic mass is 10.3. The van der Waals surface area contributed by atoms with Crippen molar-refractivity contribution in [2.75, 3.05) is 0 Å². The maximum Gasteiger partial charge on any atom is 0.452 e. The fourth-order valence-corrected chi connectivity index (χ4v) is 2.70. The Morgan fingerprint density at radius 2 is 2.00 bits per heavy atom. The van der Waals surface area contributed by atoms with Crippen LogP contribution in [0.3, 0.4) is 0 Å². The van der Waals surface area contributed by atoms with Crippen molar-refractivity contribution in [3.63, 3.8) is 0 Å². The molecule has 0 saturated carbocycles. The van der Waals surface area contributed by atoms with E-state index in [1.54, 1.807) is 12.1 Å². The molecule has 1 N–H and O–H groups in total. The number of halogens is 3. The van der Waals surface area contributed by atoms with Gasteiger partial charge in [0.05, 0.1) is 12.8 Å². The Kier molecular flexibility index (Phi) is 3.97. The van der Waals surface area contributed by atoms with Crippen LogP contribution in [0.25, 0.3) is 11.5 Å². The number of aromatic nitrogens is 1. The summed E-state index contributed by atoms with van der Waals surface area (Å²) in [5, 5.41) is 2.74. The number of furan rings is 2. The predicted octanol–water partition coefficient (Wildman–Crippen LogP) is 3.02. The van der Waals surface area contributed by atoms with Crippen molar-refractivity contribution in [1.29, 1.82) is 0 Å². The van der Waals surface area contributed by atoms with E-state index in [1.165, 1.54) is 12.3 Å². The van der Waals surface area contributed by atoms with Crippen LogP contribution in [0.1, 0.15) is 11.5 Å². The summed E-state index contributed by atoms with van der Waals surface area (Å²) in [6, 6.07) is 6.06. The Balaban J connectivity index is 1.78. The zero-order chi connectivity index (χ0) is 17.4. The molecule has 0 saturated heterocycles. The lowest BCUT2D eigenvalue weighted by molar-refractivity contribution is -0.155. The Morgan fingerprint density at radius 3 is 2.62 bits per heavy atom. The van der Waals surface area contributed by atoms with E-state index < -0.39 is 27.1 Å². The molecule has 0 aromatic carbocycles. The van der Waals surface area contributed by atoms with E-state index in [9.17, 15) is 21.6 Å². The van der Waals surface area contributed by atoms with Crippen molar-refractivity contribution >= 4 is 10.0 Å². The van der Waals surface area contributed by atoms with Crippen molar-refractivity contribution in [2.45, 2.75) is 17.8 Å². The number of nitrogens with zero attached hydrogens (tertiary/aromatic N) is 1. The predicted molar refractivity (Wildman–Crippen MR) is 71.9 cm³/mol. The number of nitrogens with one attached hydrogen (secondary N) is 1. The minimum absolute atomic E-state index is 0.104. The molecule has 0 radical (unpaired) electrons. The fourth-order valence-electron chi connectivity index (χ4n) is 1.78. The van der Waals surface area contributed by atoms with Gasteiger partial charge in [-0.25, -0.2) is 13.1 Å². The van der Waals surface area contributed by atoms with Crippen LogP contribution in [0, 0.1) is 0 Å². The van der Waals surface area contributed by atoms with Gasteiger partial charge >= 0.3 is 6.18 Å². The third-order valence-electron chi connectivity index (χ3n) is 2.90. The Morgan fingerprint density at radius 1 is 1.21 bits per heavy atom. The van der Waals surface area contributed by atoms with E-state index in [0.717, 1.165) is 6.07 Å². The molecular formula is C13H9F3N2O5S. The van der Waals surface area contributed by atoms with Gasteiger partial charge in [0.15, 0.2) is 5.76 Å². The second-order valence-electron chi connectivity index (χ2n) is 4.60. The molecule has 3 aromatic heterocycles. The van der Waals surface area contributed by atoms with Crippen LogP contribution < -0.4 is 4.72 Å². The molecule has 0 amide bonds. The van der Waals surface area contributed by atoms with E-state index in [4.69, 9.17) is 8.83 Å². The summed E-state index contributed by atoms with van der Waals surface area (Å²) in [5.41, 5.74) is -0.269. The van der Waals surface area contributed by atoms with Gasteiger partial charge in [-0.1, -0.05) is 5.16 Å². The van der Waals surface area contributed by atoms with Gasteiger partial charge in [-0.05, 0) is 24.3 Å². The Bertz CT molecular complexity index is 925. The normalized spacial score (nSPS) is 12.6. The molecule has 7 nitrogen and oxygen atoms in total. The largest absolute Gasteiger partial charge is 0.468 e. The molecule has 3 aromatic rings. The lowest BCUT2D eigenvalue weighted by Crippen LogP contribution is -2.22. The van der Waals surface area contributed by atoms with E-state index in [-0.39, 0.29) is 18.0 Å². The Hall–Kier alpha value is -2.53. The molecule has 24 heavy (non-hydrogen) atoms. The summed E-state index contributed by atoms with van der Waals surface area (Å²) >= 11 is 0. The van der Waals surface area contributed by atoms with Gasteiger partial charge in [0.2, 0.25) is 10.9 Å². The minimum Gasteiger partial charge on any atom is -0.468 e. The first-order chi connectivity index (χ1) is 11.3. The molecule has 0 atom stereocenters. The van der Waals surface area contributed by atoms with Gasteiger partial charge in [-0.15, -0.1) is 0 Å². The smallest absolute Gasteiger partial charge is 0.452 e. The van der Waals surface area contributed by atoms with Gasteiger partial charge in [0.1, 0.15) is 11.5 Å². The van der Waals surface area contributed by atoms with E-state index in [0.29, 0.717) is 11.8 Å². The number of hydrogen-bond donors (Lipinski definition) is 1. The van der Waals surface area contributed by atoms with Crippen LogP contribution in [0.5, 0.6) is 0 Å². The van der Waals surface area contributed by atoms with Crippen LogP contribution in [0.4, 0.5) is 13.2 Å². The fraction of sp³-hybridized carbons (Fsp3) is 0.154. The first-order valence-electron chi connectivity index (χ1n) is 6.42. The van der Waals surface area contributed by atoms with Crippen molar-refractivity contribution in [2.24, 2.45) is 0 Å². The lowest BCUT2D eigenvalue weighted by Gasteiger charge is -2.01. The molecule has 3 heterocycles. The summed E-state index contributed by atoms with van der Waals surface area (Å²) in [6.07, 6.45) is -3.31. The molecule has 3 rings (SSSR count). The topological polar surface area (TPSA) is 98.5 Å². The highest BCUT2D eigenvalue weighted by atomic mass is 32.2. The SMILES string of the molecule is O=S(=O)(NCc1ccco1)c1ccc(-c2cc(C(F)(F)F)on2)o1. The number of alkyl halides is 3. The van der Waals surface area contributed by atoms with Crippen LogP contribution in [0.2, 0.25) is 0 Å². The summed E-state index contributed by atoms with van der Waals surface area (Å²) in [5.74, 6) is -1.10. The summed E-state index contributed by atoms with van der Waals surface area (Å²) in [7, 11) is -4.00. The molecule has 0 aliphatic carbocycles. The van der Waals surface area contributed by atoms with E-state index in [2.05, 4.69) is 14.4 Å². The summed E-state index contributed by atoms with van der Waals surface area (Å²) < 4.78 is 78.0. The molecule has 0 fully saturated rings. The van der Waals surface area contributed by atoms with Crippen molar-refractivity contribution < 1.29 is 34.9 Å².